The number of amides is 1. The number of nitrogens with one attached hydrogen (secondary N) is 1. The van der Waals surface area contributed by atoms with Crippen LogP contribution in [0.15, 0.2) is 30.7 Å². The third-order valence-electron chi connectivity index (χ3n) is 2.57. The molecule has 0 spiro atoms. The van der Waals surface area contributed by atoms with Crippen LogP contribution in [0.2, 0.25) is 0 Å². The molecule has 7 heteroatoms. The molecule has 0 aliphatic rings. The summed E-state index contributed by atoms with van der Waals surface area (Å²) in [6.45, 7) is 0.127. The van der Waals surface area contributed by atoms with E-state index in [-0.39, 0.29) is 12.1 Å². The van der Waals surface area contributed by atoms with Gasteiger partial charge in [-0.3, -0.25) is 9.78 Å². The van der Waals surface area contributed by atoms with Crippen LogP contribution in [-0.4, -0.2) is 35.0 Å². The van der Waals surface area contributed by atoms with Crippen molar-refractivity contribution in [3.05, 3.63) is 47.9 Å². The van der Waals surface area contributed by atoms with Crippen LogP contribution in [0.1, 0.15) is 16.2 Å². The lowest BCUT2D eigenvalue weighted by atomic mass is 10.2. The van der Waals surface area contributed by atoms with Crippen LogP contribution in [0.5, 0.6) is 0 Å². The zero-order valence-electron chi connectivity index (χ0n) is 11.2. The van der Waals surface area contributed by atoms with E-state index in [4.69, 9.17) is 0 Å². The summed E-state index contributed by atoms with van der Waals surface area (Å²) in [5.74, 6) is 0.00933. The second-order valence-electron chi connectivity index (χ2n) is 4.26. The fourth-order valence-electron chi connectivity index (χ4n) is 1.54. The molecule has 0 saturated heterocycles. The van der Waals surface area contributed by atoms with E-state index in [0.29, 0.717) is 5.82 Å². The average molecular weight is 275 g/mol. The molecule has 0 fully saturated rings. The van der Waals surface area contributed by atoms with Crippen molar-refractivity contribution in [2.75, 3.05) is 19.0 Å². The Hall–Kier alpha value is -2.57. The second-order valence-corrected chi connectivity index (χ2v) is 4.26. The summed E-state index contributed by atoms with van der Waals surface area (Å²) >= 11 is 0. The Bertz CT molecular complexity index is 617. The molecule has 1 N–H and O–H groups in total. The molecule has 0 aromatic carbocycles. The normalized spacial score (nSPS) is 10.2. The van der Waals surface area contributed by atoms with Crippen LogP contribution in [0.3, 0.4) is 0 Å². The van der Waals surface area contributed by atoms with E-state index in [0.717, 1.165) is 12.0 Å². The van der Waals surface area contributed by atoms with E-state index in [1.807, 2.05) is 19.0 Å². The highest BCUT2D eigenvalue weighted by molar-refractivity contribution is 5.94. The minimum atomic E-state index is -0.659. The van der Waals surface area contributed by atoms with Crippen LogP contribution in [0.25, 0.3) is 0 Å². The summed E-state index contributed by atoms with van der Waals surface area (Å²) in [5, 5.41) is 2.57. The predicted octanol–water partition coefficient (Wildman–Crippen LogP) is 1.01. The number of anilines is 1. The van der Waals surface area contributed by atoms with E-state index in [2.05, 4.69) is 20.3 Å². The van der Waals surface area contributed by atoms with Gasteiger partial charge in [0.1, 0.15) is 11.6 Å². The molecule has 2 aromatic rings. The van der Waals surface area contributed by atoms with Crippen LogP contribution < -0.4 is 10.2 Å². The molecule has 2 rings (SSSR count). The highest BCUT2D eigenvalue weighted by atomic mass is 19.1. The molecule has 0 unspecified atom stereocenters. The van der Waals surface area contributed by atoms with Crippen molar-refractivity contribution >= 4 is 11.7 Å². The summed E-state index contributed by atoms with van der Waals surface area (Å²) in [7, 11) is 3.72. The quantitative estimate of drug-likeness (QED) is 0.901. The van der Waals surface area contributed by atoms with Gasteiger partial charge in [-0.1, -0.05) is 0 Å². The Kier molecular flexibility index (Phi) is 4.19. The van der Waals surface area contributed by atoms with Gasteiger partial charge in [-0.25, -0.2) is 14.4 Å². The zero-order valence-corrected chi connectivity index (χ0v) is 11.2. The fourth-order valence-corrected chi connectivity index (χ4v) is 1.54. The van der Waals surface area contributed by atoms with Crippen molar-refractivity contribution in [1.82, 2.24) is 20.3 Å². The summed E-state index contributed by atoms with van der Waals surface area (Å²) in [5.41, 5.74) is -0.0521. The van der Waals surface area contributed by atoms with Crippen molar-refractivity contribution in [3.8, 4) is 0 Å². The number of aromatic nitrogens is 3. The minimum Gasteiger partial charge on any atom is -0.363 e. The van der Waals surface area contributed by atoms with Crippen LogP contribution in [0, 0.1) is 5.82 Å². The standard InChI is InChI=1S/C13H14FN5O/c1-19(2)12-4-6-16-11(18-12)8-17-13(20)9-3-5-15-7-10(9)14/h3-7H,8H2,1-2H3,(H,17,20). The first-order valence-corrected chi connectivity index (χ1v) is 5.95. The molecule has 0 bridgehead atoms. The van der Waals surface area contributed by atoms with Gasteiger partial charge in [-0.15, -0.1) is 0 Å². The predicted molar refractivity (Wildman–Crippen MR) is 71.7 cm³/mol. The highest BCUT2D eigenvalue weighted by Gasteiger charge is 2.11. The van der Waals surface area contributed by atoms with Crippen LogP contribution in [-0.2, 0) is 6.54 Å². The number of rotatable bonds is 4. The molecule has 0 saturated carbocycles. The minimum absolute atomic E-state index is 0.0521. The maximum Gasteiger partial charge on any atom is 0.254 e. The van der Waals surface area contributed by atoms with E-state index in [9.17, 15) is 9.18 Å². The molecule has 20 heavy (non-hydrogen) atoms. The third-order valence-corrected chi connectivity index (χ3v) is 2.57. The van der Waals surface area contributed by atoms with Crippen LogP contribution in [0.4, 0.5) is 10.2 Å². The fraction of sp³-hybridized carbons (Fsp3) is 0.231. The van der Waals surface area contributed by atoms with Crippen molar-refractivity contribution in [1.29, 1.82) is 0 Å². The lowest BCUT2D eigenvalue weighted by Gasteiger charge is -2.11. The smallest absolute Gasteiger partial charge is 0.254 e. The monoisotopic (exact) mass is 275 g/mol. The lowest BCUT2D eigenvalue weighted by molar-refractivity contribution is 0.0945. The molecular weight excluding hydrogens is 261 g/mol. The number of carbonyl (C=O) groups excluding carboxylic acids is 1. The number of halogens is 1. The molecule has 0 radical (unpaired) electrons. The second kappa shape index (κ2) is 6.05. The van der Waals surface area contributed by atoms with Crippen molar-refractivity contribution in [2.24, 2.45) is 0 Å². The molecule has 0 atom stereocenters. The van der Waals surface area contributed by atoms with E-state index >= 15 is 0 Å². The molecule has 6 nitrogen and oxygen atoms in total. The SMILES string of the molecule is CN(C)c1ccnc(CNC(=O)c2ccncc2F)n1. The molecule has 2 heterocycles. The lowest BCUT2D eigenvalue weighted by Crippen LogP contribution is -2.25. The van der Waals surface area contributed by atoms with E-state index in [1.165, 1.54) is 12.3 Å². The van der Waals surface area contributed by atoms with Gasteiger partial charge in [0.05, 0.1) is 18.3 Å². The van der Waals surface area contributed by atoms with Gasteiger partial charge in [0, 0.05) is 26.5 Å². The summed E-state index contributed by atoms with van der Waals surface area (Å²) < 4.78 is 13.4. The first kappa shape index (κ1) is 13.9. The molecular formula is C13H14FN5O. The molecule has 0 aliphatic heterocycles. The summed E-state index contributed by atoms with van der Waals surface area (Å²) in [4.78, 5) is 25.5. The van der Waals surface area contributed by atoms with Crippen molar-refractivity contribution in [2.45, 2.75) is 6.54 Å². The zero-order chi connectivity index (χ0) is 14.5. The number of hydrogen-bond acceptors (Lipinski definition) is 5. The van der Waals surface area contributed by atoms with Gasteiger partial charge in [0.25, 0.3) is 5.91 Å². The number of pyridine rings is 1. The first-order valence-electron chi connectivity index (χ1n) is 5.95. The summed E-state index contributed by atoms with van der Waals surface area (Å²) in [6.07, 6.45) is 3.97. The Morgan fingerprint density at radius 1 is 1.35 bits per heavy atom. The van der Waals surface area contributed by atoms with Gasteiger partial charge in [-0.05, 0) is 12.1 Å². The van der Waals surface area contributed by atoms with E-state index in [1.54, 1.807) is 12.3 Å². The first-order chi connectivity index (χ1) is 9.58. The Balaban J connectivity index is 2.04. The molecule has 104 valence electrons. The topological polar surface area (TPSA) is 71.0 Å². The van der Waals surface area contributed by atoms with Crippen molar-refractivity contribution in [3.63, 3.8) is 0 Å². The largest absolute Gasteiger partial charge is 0.363 e. The van der Waals surface area contributed by atoms with Gasteiger partial charge in [0.15, 0.2) is 5.82 Å². The molecule has 2 aromatic heterocycles. The summed E-state index contributed by atoms with van der Waals surface area (Å²) in [6, 6.07) is 3.08. The van der Waals surface area contributed by atoms with Gasteiger partial charge in [-0.2, -0.15) is 0 Å². The average Bonchev–Trinajstić information content (AvgIpc) is 2.45. The number of hydrogen-bond donors (Lipinski definition) is 1. The number of carbonyl (C=O) groups is 1. The van der Waals surface area contributed by atoms with Crippen molar-refractivity contribution < 1.29 is 9.18 Å². The maximum atomic E-state index is 13.4. The Morgan fingerprint density at radius 3 is 2.85 bits per heavy atom. The highest BCUT2D eigenvalue weighted by Crippen LogP contribution is 2.06. The Morgan fingerprint density at radius 2 is 2.15 bits per heavy atom. The van der Waals surface area contributed by atoms with E-state index < -0.39 is 11.7 Å². The number of nitrogens with zero attached hydrogens (tertiary/aromatic N) is 4. The van der Waals surface area contributed by atoms with Gasteiger partial charge in [0.2, 0.25) is 0 Å². The van der Waals surface area contributed by atoms with Gasteiger partial charge < -0.3 is 10.2 Å². The molecule has 0 aliphatic carbocycles. The molecule has 1 amide bonds. The van der Waals surface area contributed by atoms with Crippen LogP contribution >= 0.6 is 0 Å². The Labute approximate surface area is 115 Å². The third kappa shape index (κ3) is 3.25. The maximum absolute atomic E-state index is 13.4. The van der Waals surface area contributed by atoms with Gasteiger partial charge >= 0.3 is 0 Å².